The van der Waals surface area contributed by atoms with E-state index in [1.54, 1.807) is 17.8 Å². The van der Waals surface area contributed by atoms with E-state index in [2.05, 4.69) is 16.4 Å². The fourth-order valence-electron chi connectivity index (χ4n) is 2.42. The second kappa shape index (κ2) is 6.33. The van der Waals surface area contributed by atoms with E-state index in [0.717, 1.165) is 10.2 Å². The molecule has 24 heavy (non-hydrogen) atoms. The number of aromatic nitrogens is 1. The first-order valence-electron chi connectivity index (χ1n) is 7.37. The average Bonchev–Trinajstić information content (AvgIpc) is 3.02. The summed E-state index contributed by atoms with van der Waals surface area (Å²) in [5, 5.41) is 3.39. The Morgan fingerprint density at radius 3 is 2.96 bits per heavy atom. The van der Waals surface area contributed by atoms with Crippen molar-refractivity contribution >= 4 is 44.4 Å². The number of ether oxygens (including phenoxy) is 2. The van der Waals surface area contributed by atoms with Gasteiger partial charge in [0.1, 0.15) is 6.61 Å². The Bertz CT molecular complexity index is 910. The number of anilines is 1. The Labute approximate surface area is 147 Å². The maximum absolute atomic E-state index is 12.4. The highest BCUT2D eigenvalue weighted by Gasteiger charge is 2.27. The summed E-state index contributed by atoms with van der Waals surface area (Å²) in [5.74, 6) is 0.984. The molecular formula is C17H14N2O3S2. The number of hydrogen-bond donors (Lipinski definition) is 1. The Balaban J connectivity index is 1.50. The predicted molar refractivity (Wildman–Crippen MR) is 96.4 cm³/mol. The zero-order chi connectivity index (χ0) is 16.5. The van der Waals surface area contributed by atoms with Crippen LogP contribution in [-0.2, 0) is 4.79 Å². The number of thioether (sulfide) groups is 1. The van der Waals surface area contributed by atoms with Gasteiger partial charge in [-0.2, -0.15) is 0 Å². The highest BCUT2D eigenvalue weighted by Crippen LogP contribution is 2.32. The third-order valence-corrected chi connectivity index (χ3v) is 5.29. The summed E-state index contributed by atoms with van der Waals surface area (Å²) in [6, 6.07) is 13.4. The fraction of sp³-hybridized carbons (Fsp3) is 0.176. The van der Waals surface area contributed by atoms with E-state index in [4.69, 9.17) is 9.47 Å². The van der Waals surface area contributed by atoms with Crippen LogP contribution in [0.25, 0.3) is 10.2 Å². The molecule has 1 aliphatic heterocycles. The minimum Gasteiger partial charge on any atom is -0.485 e. The van der Waals surface area contributed by atoms with Gasteiger partial charge in [0.05, 0.1) is 10.2 Å². The molecule has 2 aromatic carbocycles. The van der Waals surface area contributed by atoms with Gasteiger partial charge in [0.15, 0.2) is 16.6 Å². The second-order valence-corrected chi connectivity index (χ2v) is 7.12. The maximum Gasteiger partial charge on any atom is 0.270 e. The number of hydrogen-bond acceptors (Lipinski definition) is 6. The number of fused-ring (bicyclic) bond motifs is 2. The zero-order valence-corrected chi connectivity index (χ0v) is 14.4. The van der Waals surface area contributed by atoms with Gasteiger partial charge < -0.3 is 9.47 Å². The van der Waals surface area contributed by atoms with Crippen molar-refractivity contribution in [3.8, 4) is 11.5 Å². The summed E-state index contributed by atoms with van der Waals surface area (Å²) in [7, 11) is 0. The van der Waals surface area contributed by atoms with Gasteiger partial charge in [0.2, 0.25) is 6.10 Å². The van der Waals surface area contributed by atoms with Crippen LogP contribution in [0.15, 0.2) is 47.4 Å². The summed E-state index contributed by atoms with van der Waals surface area (Å²) < 4.78 is 12.3. The molecule has 0 saturated heterocycles. The minimum atomic E-state index is -0.686. The second-order valence-electron chi connectivity index (χ2n) is 5.21. The van der Waals surface area contributed by atoms with E-state index in [-0.39, 0.29) is 12.5 Å². The highest BCUT2D eigenvalue weighted by atomic mass is 32.2. The minimum absolute atomic E-state index is 0.185. The molecule has 4 rings (SSSR count). The molecule has 2 heterocycles. The number of carbonyl (C=O) groups excluding carboxylic acids is 1. The Morgan fingerprint density at radius 1 is 1.29 bits per heavy atom. The van der Waals surface area contributed by atoms with Gasteiger partial charge in [0, 0.05) is 4.90 Å². The Hall–Kier alpha value is -2.25. The number of benzene rings is 2. The van der Waals surface area contributed by atoms with E-state index in [1.165, 1.54) is 16.2 Å². The topological polar surface area (TPSA) is 60.5 Å². The number of thiazole rings is 1. The molecule has 1 N–H and O–H groups in total. The van der Waals surface area contributed by atoms with Crippen molar-refractivity contribution in [1.29, 1.82) is 0 Å². The van der Waals surface area contributed by atoms with Crippen LogP contribution >= 0.6 is 23.1 Å². The van der Waals surface area contributed by atoms with Crippen LogP contribution < -0.4 is 14.8 Å². The van der Waals surface area contributed by atoms with E-state index in [0.29, 0.717) is 16.6 Å². The largest absolute Gasteiger partial charge is 0.485 e. The lowest BCUT2D eigenvalue weighted by Crippen LogP contribution is -2.40. The molecule has 3 aromatic rings. The molecule has 1 aliphatic rings. The quantitative estimate of drug-likeness (QED) is 0.722. The Kier molecular flexibility index (Phi) is 4.03. The molecular weight excluding hydrogens is 344 g/mol. The summed E-state index contributed by atoms with van der Waals surface area (Å²) in [4.78, 5) is 18.0. The van der Waals surface area contributed by atoms with E-state index >= 15 is 0 Å². The molecule has 0 aliphatic carbocycles. The number of para-hydroxylation sites is 2. The van der Waals surface area contributed by atoms with Crippen LogP contribution in [0.4, 0.5) is 5.13 Å². The van der Waals surface area contributed by atoms with Crippen molar-refractivity contribution in [2.75, 3.05) is 18.2 Å². The lowest BCUT2D eigenvalue weighted by Gasteiger charge is -2.25. The first-order valence-corrected chi connectivity index (χ1v) is 9.41. The maximum atomic E-state index is 12.4. The van der Waals surface area contributed by atoms with Gasteiger partial charge in [-0.15, -0.1) is 11.8 Å². The van der Waals surface area contributed by atoms with Gasteiger partial charge in [0.25, 0.3) is 5.91 Å². The van der Waals surface area contributed by atoms with E-state index in [9.17, 15) is 4.79 Å². The van der Waals surface area contributed by atoms with Gasteiger partial charge in [-0.1, -0.05) is 23.5 Å². The lowest BCUT2D eigenvalue weighted by molar-refractivity contribution is -0.125. The number of nitrogens with one attached hydrogen (secondary N) is 1. The van der Waals surface area contributed by atoms with Crippen LogP contribution in [0.2, 0.25) is 0 Å². The number of carbonyl (C=O) groups is 1. The molecule has 5 nitrogen and oxygen atoms in total. The fourth-order valence-corrected chi connectivity index (χ4v) is 3.84. The standard InChI is InChI=1S/C17H14N2O3S2/c1-23-10-6-7-11-15(8-10)24-17(18-11)19-16(20)14-9-21-12-4-2-3-5-13(12)22-14/h2-8,14H,9H2,1H3,(H,18,19,20). The number of nitrogens with zero attached hydrogens (tertiary/aromatic N) is 1. The molecule has 1 amide bonds. The summed E-state index contributed by atoms with van der Waals surface area (Å²) in [6.45, 7) is 0.185. The normalized spacial score (nSPS) is 16.1. The molecule has 0 fully saturated rings. The Morgan fingerprint density at radius 2 is 2.12 bits per heavy atom. The molecule has 122 valence electrons. The lowest BCUT2D eigenvalue weighted by atomic mass is 10.2. The van der Waals surface area contributed by atoms with Crippen LogP contribution in [0, 0.1) is 0 Å². The van der Waals surface area contributed by atoms with Crippen molar-refractivity contribution < 1.29 is 14.3 Å². The van der Waals surface area contributed by atoms with Gasteiger partial charge in [-0.25, -0.2) is 4.98 Å². The van der Waals surface area contributed by atoms with Crippen molar-refractivity contribution in [2.45, 2.75) is 11.0 Å². The van der Waals surface area contributed by atoms with Crippen LogP contribution in [0.5, 0.6) is 11.5 Å². The smallest absolute Gasteiger partial charge is 0.270 e. The average molecular weight is 358 g/mol. The monoisotopic (exact) mass is 358 g/mol. The predicted octanol–water partition coefficient (Wildman–Crippen LogP) is 3.80. The van der Waals surface area contributed by atoms with Crippen molar-refractivity contribution in [3.05, 3.63) is 42.5 Å². The molecule has 0 radical (unpaired) electrons. The van der Waals surface area contributed by atoms with Crippen molar-refractivity contribution in [2.24, 2.45) is 0 Å². The van der Waals surface area contributed by atoms with Crippen LogP contribution in [0.1, 0.15) is 0 Å². The van der Waals surface area contributed by atoms with Crippen LogP contribution in [0.3, 0.4) is 0 Å². The molecule has 0 spiro atoms. The molecule has 0 bridgehead atoms. The van der Waals surface area contributed by atoms with Gasteiger partial charge in [-0.05, 0) is 36.6 Å². The molecule has 1 aromatic heterocycles. The number of rotatable bonds is 3. The first kappa shape index (κ1) is 15.3. The van der Waals surface area contributed by atoms with Crippen LogP contribution in [-0.4, -0.2) is 29.9 Å². The third-order valence-electron chi connectivity index (χ3n) is 3.63. The van der Waals surface area contributed by atoms with Gasteiger partial charge >= 0.3 is 0 Å². The van der Waals surface area contributed by atoms with E-state index in [1.807, 2.05) is 36.6 Å². The SMILES string of the molecule is CSc1ccc2nc(NC(=O)C3COc4ccccc4O3)sc2c1. The summed E-state index contributed by atoms with van der Waals surface area (Å²) >= 11 is 3.13. The van der Waals surface area contributed by atoms with Crippen molar-refractivity contribution in [1.82, 2.24) is 4.98 Å². The third kappa shape index (κ3) is 2.92. The molecule has 1 atom stereocenters. The summed E-state index contributed by atoms with van der Waals surface area (Å²) in [5.41, 5.74) is 0.874. The zero-order valence-electron chi connectivity index (χ0n) is 12.8. The van der Waals surface area contributed by atoms with Gasteiger partial charge in [-0.3, -0.25) is 10.1 Å². The van der Waals surface area contributed by atoms with Crippen molar-refractivity contribution in [3.63, 3.8) is 0 Å². The first-order chi connectivity index (χ1) is 11.7. The van der Waals surface area contributed by atoms with E-state index < -0.39 is 6.10 Å². The molecule has 0 saturated carbocycles. The highest BCUT2D eigenvalue weighted by molar-refractivity contribution is 7.98. The summed E-state index contributed by atoms with van der Waals surface area (Å²) in [6.07, 6.45) is 1.34. The molecule has 7 heteroatoms. The molecule has 1 unspecified atom stereocenters. The number of amides is 1.